The second kappa shape index (κ2) is 4.47. The summed E-state index contributed by atoms with van der Waals surface area (Å²) in [6.07, 6.45) is 1.56. The molecule has 0 aliphatic carbocycles. The maximum atomic E-state index is 11.9. The molecule has 0 saturated carbocycles. The number of hydrogen-bond acceptors (Lipinski definition) is 3. The molecule has 16 heavy (non-hydrogen) atoms. The van der Waals surface area contributed by atoms with E-state index >= 15 is 0 Å². The predicted octanol–water partition coefficient (Wildman–Crippen LogP) is 2.77. The fourth-order valence-corrected chi connectivity index (χ4v) is 2.79. The molecule has 1 aromatic rings. The first-order chi connectivity index (χ1) is 7.58. The molecule has 2 rings (SSSR count). The molecule has 0 N–H and O–H groups in total. The number of sulfone groups is 1. The lowest BCUT2D eigenvalue weighted by Crippen LogP contribution is -1.97. The minimum absolute atomic E-state index is 0.236. The van der Waals surface area contributed by atoms with Gasteiger partial charge >= 0.3 is 0 Å². The van der Waals surface area contributed by atoms with Crippen LogP contribution in [0.5, 0.6) is 0 Å². The van der Waals surface area contributed by atoms with Crippen molar-refractivity contribution in [3.05, 3.63) is 40.5 Å². The highest BCUT2D eigenvalue weighted by Crippen LogP contribution is 2.22. The van der Waals surface area contributed by atoms with Crippen molar-refractivity contribution in [2.75, 3.05) is 6.61 Å². The van der Waals surface area contributed by atoms with Gasteiger partial charge in [0, 0.05) is 11.4 Å². The van der Waals surface area contributed by atoms with Gasteiger partial charge in [-0.05, 0) is 30.7 Å². The summed E-state index contributed by atoms with van der Waals surface area (Å²) < 4.78 is 29.0. The Labute approximate surface area is 99.6 Å². The van der Waals surface area contributed by atoms with Crippen LogP contribution in [-0.2, 0) is 14.6 Å². The van der Waals surface area contributed by atoms with Gasteiger partial charge in [0.2, 0.25) is 9.84 Å². The SMILES string of the molecule is O=S(=O)(/C=C1\CCCO1)c1ccc(Cl)cc1. The Bertz CT molecular complexity index is 495. The molecule has 0 spiro atoms. The van der Waals surface area contributed by atoms with Crippen molar-refractivity contribution in [3.63, 3.8) is 0 Å². The summed E-state index contributed by atoms with van der Waals surface area (Å²) in [4.78, 5) is 0.236. The van der Waals surface area contributed by atoms with Crippen LogP contribution in [0, 0.1) is 0 Å². The fourth-order valence-electron chi connectivity index (χ4n) is 1.48. The second-order valence-corrected chi connectivity index (χ2v) is 5.77. The summed E-state index contributed by atoms with van der Waals surface area (Å²) >= 11 is 5.70. The zero-order chi connectivity index (χ0) is 11.6. The van der Waals surface area contributed by atoms with Gasteiger partial charge in [-0.2, -0.15) is 0 Å². The number of hydrogen-bond donors (Lipinski definition) is 0. The van der Waals surface area contributed by atoms with Crippen LogP contribution in [0.1, 0.15) is 12.8 Å². The van der Waals surface area contributed by atoms with Gasteiger partial charge < -0.3 is 4.74 Å². The topological polar surface area (TPSA) is 43.4 Å². The van der Waals surface area contributed by atoms with E-state index in [2.05, 4.69) is 0 Å². The molecule has 1 saturated heterocycles. The summed E-state index contributed by atoms with van der Waals surface area (Å²) in [5, 5.41) is 1.71. The normalized spacial score (nSPS) is 18.7. The Morgan fingerprint density at radius 3 is 2.50 bits per heavy atom. The van der Waals surface area contributed by atoms with E-state index in [4.69, 9.17) is 16.3 Å². The summed E-state index contributed by atoms with van der Waals surface area (Å²) in [6.45, 7) is 0.599. The van der Waals surface area contributed by atoms with Gasteiger partial charge in [0.25, 0.3) is 0 Å². The Balaban J connectivity index is 2.31. The molecule has 0 radical (unpaired) electrons. The average molecular weight is 259 g/mol. The van der Waals surface area contributed by atoms with Crippen LogP contribution in [-0.4, -0.2) is 15.0 Å². The molecule has 1 heterocycles. The standard InChI is InChI=1S/C11H11ClO3S/c12-9-3-5-11(6-4-9)16(13,14)8-10-2-1-7-15-10/h3-6,8H,1-2,7H2/b10-8+. The van der Waals surface area contributed by atoms with Crippen molar-refractivity contribution in [2.45, 2.75) is 17.7 Å². The maximum Gasteiger partial charge on any atom is 0.203 e. The quantitative estimate of drug-likeness (QED) is 0.819. The van der Waals surface area contributed by atoms with E-state index in [1.807, 2.05) is 0 Å². The third-order valence-electron chi connectivity index (χ3n) is 2.28. The van der Waals surface area contributed by atoms with E-state index < -0.39 is 9.84 Å². The Kier molecular flexibility index (Phi) is 3.21. The van der Waals surface area contributed by atoms with Gasteiger partial charge in [-0.1, -0.05) is 11.6 Å². The first-order valence-corrected chi connectivity index (χ1v) is 6.84. The monoisotopic (exact) mass is 258 g/mol. The highest BCUT2D eigenvalue weighted by Gasteiger charge is 2.16. The van der Waals surface area contributed by atoms with Crippen molar-refractivity contribution in [3.8, 4) is 0 Å². The van der Waals surface area contributed by atoms with Crippen LogP contribution in [0.15, 0.2) is 40.3 Å². The highest BCUT2D eigenvalue weighted by molar-refractivity contribution is 7.94. The van der Waals surface area contributed by atoms with Crippen LogP contribution in [0.4, 0.5) is 0 Å². The van der Waals surface area contributed by atoms with Crippen molar-refractivity contribution in [1.29, 1.82) is 0 Å². The molecule has 1 aliphatic heterocycles. The van der Waals surface area contributed by atoms with Crippen LogP contribution >= 0.6 is 11.6 Å². The first kappa shape index (κ1) is 11.5. The number of allylic oxidation sites excluding steroid dienone is 1. The molecule has 3 nitrogen and oxygen atoms in total. The average Bonchev–Trinajstić information content (AvgIpc) is 2.70. The van der Waals surface area contributed by atoms with E-state index in [-0.39, 0.29) is 4.90 Å². The largest absolute Gasteiger partial charge is 0.497 e. The molecule has 0 atom stereocenters. The lowest BCUT2D eigenvalue weighted by molar-refractivity contribution is 0.264. The molecule has 0 aromatic heterocycles. The number of rotatable bonds is 2. The van der Waals surface area contributed by atoms with Gasteiger partial charge in [-0.3, -0.25) is 0 Å². The number of benzene rings is 1. The molecular formula is C11H11ClO3S. The lowest BCUT2D eigenvalue weighted by Gasteiger charge is -2.01. The van der Waals surface area contributed by atoms with Gasteiger partial charge in [-0.25, -0.2) is 8.42 Å². The van der Waals surface area contributed by atoms with E-state index in [1.165, 1.54) is 17.5 Å². The van der Waals surface area contributed by atoms with Gasteiger partial charge in [0.15, 0.2) is 0 Å². The van der Waals surface area contributed by atoms with Crippen LogP contribution in [0.3, 0.4) is 0 Å². The first-order valence-electron chi connectivity index (χ1n) is 4.92. The summed E-state index contributed by atoms with van der Waals surface area (Å²) in [6, 6.07) is 6.10. The van der Waals surface area contributed by atoms with Crippen molar-refractivity contribution in [1.82, 2.24) is 0 Å². The summed E-state index contributed by atoms with van der Waals surface area (Å²) in [5.74, 6) is 0.537. The maximum absolute atomic E-state index is 11.9. The van der Waals surface area contributed by atoms with Crippen LogP contribution in [0.2, 0.25) is 5.02 Å². The van der Waals surface area contributed by atoms with Crippen molar-refractivity contribution in [2.24, 2.45) is 0 Å². The highest BCUT2D eigenvalue weighted by atomic mass is 35.5. The molecular weight excluding hydrogens is 248 g/mol. The smallest absolute Gasteiger partial charge is 0.203 e. The van der Waals surface area contributed by atoms with Crippen molar-refractivity contribution < 1.29 is 13.2 Å². The number of ether oxygens (including phenoxy) is 1. The van der Waals surface area contributed by atoms with Gasteiger partial charge in [0.05, 0.1) is 16.9 Å². The fraction of sp³-hybridized carbons (Fsp3) is 0.273. The Morgan fingerprint density at radius 2 is 1.94 bits per heavy atom. The number of halogens is 1. The molecule has 0 amide bonds. The second-order valence-electron chi connectivity index (χ2n) is 3.54. The lowest BCUT2D eigenvalue weighted by atomic mass is 10.3. The summed E-state index contributed by atoms with van der Waals surface area (Å²) in [7, 11) is -3.41. The third-order valence-corrected chi connectivity index (χ3v) is 4.04. The van der Waals surface area contributed by atoms with Crippen LogP contribution < -0.4 is 0 Å². The molecule has 1 aromatic carbocycles. The van der Waals surface area contributed by atoms with E-state index in [0.29, 0.717) is 23.8 Å². The molecule has 1 fully saturated rings. The Hall–Kier alpha value is -1.00. The van der Waals surface area contributed by atoms with E-state index in [9.17, 15) is 8.42 Å². The zero-order valence-electron chi connectivity index (χ0n) is 8.52. The molecule has 5 heteroatoms. The summed E-state index contributed by atoms with van der Waals surface area (Å²) in [5.41, 5.74) is 0. The molecule has 0 bridgehead atoms. The molecule has 86 valence electrons. The van der Waals surface area contributed by atoms with Gasteiger partial charge in [-0.15, -0.1) is 0 Å². The molecule has 0 unspecified atom stereocenters. The third kappa shape index (κ3) is 2.57. The Morgan fingerprint density at radius 1 is 1.25 bits per heavy atom. The predicted molar refractivity (Wildman–Crippen MR) is 61.9 cm³/mol. The van der Waals surface area contributed by atoms with Gasteiger partial charge in [0.1, 0.15) is 5.76 Å². The minimum Gasteiger partial charge on any atom is -0.497 e. The zero-order valence-corrected chi connectivity index (χ0v) is 10.1. The molecule has 1 aliphatic rings. The van der Waals surface area contributed by atoms with Crippen molar-refractivity contribution >= 4 is 21.4 Å². The van der Waals surface area contributed by atoms with E-state index in [1.54, 1.807) is 12.1 Å². The minimum atomic E-state index is -3.41. The van der Waals surface area contributed by atoms with Crippen LogP contribution in [0.25, 0.3) is 0 Å². The van der Waals surface area contributed by atoms with E-state index in [0.717, 1.165) is 6.42 Å².